The molecule has 1 aliphatic heterocycles. The number of hydrogen-bond donors (Lipinski definition) is 1. The number of carboxylic acids is 1. The van der Waals surface area contributed by atoms with Gasteiger partial charge in [0.05, 0.1) is 24.5 Å². The molecule has 1 heterocycles. The van der Waals surface area contributed by atoms with E-state index in [1.807, 2.05) is 6.92 Å². The molecule has 0 aromatic carbocycles. The Kier molecular flexibility index (Phi) is 3.76. The van der Waals surface area contributed by atoms with Crippen molar-refractivity contribution in [3.8, 4) is 0 Å². The lowest BCUT2D eigenvalue weighted by Crippen LogP contribution is -2.11. The summed E-state index contributed by atoms with van der Waals surface area (Å²) in [5, 5.41) is 8.74. The summed E-state index contributed by atoms with van der Waals surface area (Å²) >= 11 is 0. The van der Waals surface area contributed by atoms with E-state index in [2.05, 4.69) is 0 Å². The average molecular weight is 186 g/mol. The van der Waals surface area contributed by atoms with Gasteiger partial charge in [-0.25, -0.2) is 4.79 Å². The quantitative estimate of drug-likeness (QED) is 0.667. The van der Waals surface area contributed by atoms with Crippen LogP contribution in [0.4, 0.5) is 0 Å². The van der Waals surface area contributed by atoms with Crippen molar-refractivity contribution >= 4 is 5.97 Å². The van der Waals surface area contributed by atoms with Crippen LogP contribution in [0.3, 0.4) is 0 Å². The molecule has 1 rings (SSSR count). The summed E-state index contributed by atoms with van der Waals surface area (Å²) < 4.78 is 10.3. The molecular formula is C9H14O4. The molecule has 1 N–H and O–H groups in total. The molecular weight excluding hydrogens is 172 g/mol. The Morgan fingerprint density at radius 2 is 2.38 bits per heavy atom. The smallest absolute Gasteiger partial charge is 0.334 e. The SMILES string of the molecule is CC1CCC(C(=O)O)=COCCO1. The predicted molar refractivity (Wildman–Crippen MR) is 46.3 cm³/mol. The summed E-state index contributed by atoms with van der Waals surface area (Å²) in [6, 6.07) is 0. The first-order chi connectivity index (χ1) is 6.20. The molecule has 0 aromatic heterocycles. The Morgan fingerprint density at radius 1 is 1.62 bits per heavy atom. The van der Waals surface area contributed by atoms with Crippen molar-refractivity contribution in [2.24, 2.45) is 0 Å². The van der Waals surface area contributed by atoms with Crippen LogP contribution in [-0.2, 0) is 14.3 Å². The van der Waals surface area contributed by atoms with Gasteiger partial charge < -0.3 is 14.6 Å². The van der Waals surface area contributed by atoms with Crippen molar-refractivity contribution < 1.29 is 19.4 Å². The monoisotopic (exact) mass is 186 g/mol. The highest BCUT2D eigenvalue weighted by atomic mass is 16.5. The third-order valence-corrected chi connectivity index (χ3v) is 1.92. The second-order valence-corrected chi connectivity index (χ2v) is 3.04. The number of ether oxygens (including phenoxy) is 2. The molecule has 0 saturated carbocycles. The summed E-state index contributed by atoms with van der Waals surface area (Å²) in [5.74, 6) is -0.908. The summed E-state index contributed by atoms with van der Waals surface area (Å²) in [6.45, 7) is 2.87. The fourth-order valence-electron chi connectivity index (χ4n) is 1.12. The molecule has 13 heavy (non-hydrogen) atoms. The van der Waals surface area contributed by atoms with Crippen molar-refractivity contribution in [3.05, 3.63) is 11.8 Å². The van der Waals surface area contributed by atoms with E-state index < -0.39 is 5.97 Å². The second-order valence-electron chi connectivity index (χ2n) is 3.04. The van der Waals surface area contributed by atoms with Crippen LogP contribution in [0.1, 0.15) is 19.8 Å². The van der Waals surface area contributed by atoms with Crippen LogP contribution in [0.15, 0.2) is 11.8 Å². The van der Waals surface area contributed by atoms with Gasteiger partial charge in [0.25, 0.3) is 0 Å². The Bertz CT molecular complexity index is 210. The maximum atomic E-state index is 10.6. The van der Waals surface area contributed by atoms with Crippen LogP contribution in [0.25, 0.3) is 0 Å². The summed E-state index contributed by atoms with van der Waals surface area (Å²) in [7, 11) is 0. The van der Waals surface area contributed by atoms with E-state index in [0.29, 0.717) is 25.2 Å². The van der Waals surface area contributed by atoms with Crippen molar-refractivity contribution in [3.63, 3.8) is 0 Å². The predicted octanol–water partition coefficient (Wildman–Crippen LogP) is 1.17. The van der Waals surface area contributed by atoms with Crippen molar-refractivity contribution in [1.82, 2.24) is 0 Å². The topological polar surface area (TPSA) is 55.8 Å². The first-order valence-electron chi connectivity index (χ1n) is 4.35. The third kappa shape index (κ3) is 3.46. The zero-order valence-corrected chi connectivity index (χ0v) is 7.66. The number of hydrogen-bond acceptors (Lipinski definition) is 3. The van der Waals surface area contributed by atoms with Crippen LogP contribution >= 0.6 is 0 Å². The number of aliphatic carboxylic acids is 1. The zero-order chi connectivity index (χ0) is 9.68. The zero-order valence-electron chi connectivity index (χ0n) is 7.66. The van der Waals surface area contributed by atoms with Crippen molar-refractivity contribution in [1.29, 1.82) is 0 Å². The Morgan fingerprint density at radius 3 is 3.08 bits per heavy atom. The van der Waals surface area contributed by atoms with Crippen molar-refractivity contribution in [2.75, 3.05) is 13.2 Å². The van der Waals surface area contributed by atoms with Crippen LogP contribution in [0, 0.1) is 0 Å². The lowest BCUT2D eigenvalue weighted by molar-refractivity contribution is -0.133. The third-order valence-electron chi connectivity index (χ3n) is 1.92. The van der Waals surface area contributed by atoms with Gasteiger partial charge in [0, 0.05) is 0 Å². The fraction of sp³-hybridized carbons (Fsp3) is 0.667. The minimum Gasteiger partial charge on any atom is -0.498 e. The van der Waals surface area contributed by atoms with Gasteiger partial charge in [0.15, 0.2) is 0 Å². The molecule has 0 bridgehead atoms. The largest absolute Gasteiger partial charge is 0.498 e. The maximum Gasteiger partial charge on any atom is 0.334 e. The maximum absolute atomic E-state index is 10.6. The fourth-order valence-corrected chi connectivity index (χ4v) is 1.12. The Balaban J connectivity index is 2.55. The van der Waals surface area contributed by atoms with E-state index in [4.69, 9.17) is 14.6 Å². The molecule has 74 valence electrons. The molecule has 1 aliphatic rings. The van der Waals surface area contributed by atoms with Crippen LogP contribution < -0.4 is 0 Å². The van der Waals surface area contributed by atoms with Crippen molar-refractivity contribution in [2.45, 2.75) is 25.9 Å². The van der Waals surface area contributed by atoms with E-state index in [1.54, 1.807) is 0 Å². The van der Waals surface area contributed by atoms with E-state index in [9.17, 15) is 4.79 Å². The summed E-state index contributed by atoms with van der Waals surface area (Å²) in [5.41, 5.74) is 0.317. The van der Waals surface area contributed by atoms with Gasteiger partial charge in [-0.2, -0.15) is 0 Å². The van der Waals surface area contributed by atoms with E-state index in [1.165, 1.54) is 6.26 Å². The van der Waals surface area contributed by atoms with Gasteiger partial charge in [-0.05, 0) is 19.8 Å². The number of carbonyl (C=O) groups is 1. The van der Waals surface area contributed by atoms with Gasteiger partial charge in [-0.1, -0.05) is 0 Å². The molecule has 0 saturated heterocycles. The average Bonchev–Trinajstić information content (AvgIpc) is 2.17. The molecule has 0 spiro atoms. The van der Waals surface area contributed by atoms with E-state index in [-0.39, 0.29) is 6.10 Å². The van der Waals surface area contributed by atoms with Crippen LogP contribution in [-0.4, -0.2) is 30.4 Å². The van der Waals surface area contributed by atoms with Gasteiger partial charge in [-0.15, -0.1) is 0 Å². The first-order valence-corrected chi connectivity index (χ1v) is 4.35. The second kappa shape index (κ2) is 4.87. The lowest BCUT2D eigenvalue weighted by atomic mass is 10.1. The highest BCUT2D eigenvalue weighted by molar-refractivity contribution is 5.86. The minimum atomic E-state index is -0.908. The highest BCUT2D eigenvalue weighted by Gasteiger charge is 2.12. The molecule has 0 radical (unpaired) electrons. The highest BCUT2D eigenvalue weighted by Crippen LogP contribution is 2.12. The Labute approximate surface area is 77.1 Å². The molecule has 1 unspecified atom stereocenters. The molecule has 0 aromatic rings. The lowest BCUT2D eigenvalue weighted by Gasteiger charge is -2.09. The molecule has 0 amide bonds. The first kappa shape index (κ1) is 10.1. The number of carboxylic acid groups (broad SMARTS) is 1. The summed E-state index contributed by atoms with van der Waals surface area (Å²) in [4.78, 5) is 10.6. The van der Waals surface area contributed by atoms with Gasteiger partial charge >= 0.3 is 5.97 Å². The van der Waals surface area contributed by atoms with Crippen LogP contribution in [0.5, 0.6) is 0 Å². The van der Waals surface area contributed by atoms with Gasteiger partial charge in [-0.3, -0.25) is 0 Å². The van der Waals surface area contributed by atoms with Gasteiger partial charge in [0.1, 0.15) is 6.61 Å². The van der Waals surface area contributed by atoms with Gasteiger partial charge in [0.2, 0.25) is 0 Å². The molecule has 0 fully saturated rings. The normalized spacial score (nSPS) is 24.7. The Hall–Kier alpha value is -1.03. The van der Waals surface area contributed by atoms with Crippen LogP contribution in [0.2, 0.25) is 0 Å². The minimum absolute atomic E-state index is 0.101. The number of rotatable bonds is 1. The molecule has 1 atom stereocenters. The molecule has 4 heteroatoms. The molecule has 0 aliphatic carbocycles. The molecule has 4 nitrogen and oxygen atoms in total. The van der Waals surface area contributed by atoms with E-state index >= 15 is 0 Å². The standard InChI is InChI=1S/C9H14O4/c1-7-2-3-8(9(10)11)6-12-4-5-13-7/h6-7H,2-5H2,1H3,(H,10,11). The summed E-state index contributed by atoms with van der Waals surface area (Å²) in [6.07, 6.45) is 2.64. The van der Waals surface area contributed by atoms with E-state index in [0.717, 1.165) is 6.42 Å².